The van der Waals surface area contributed by atoms with Crippen LogP contribution in [0.1, 0.15) is 17.5 Å². The van der Waals surface area contributed by atoms with Gasteiger partial charge in [-0.15, -0.1) is 0 Å². The molecule has 0 saturated carbocycles. The van der Waals surface area contributed by atoms with Gasteiger partial charge >= 0.3 is 16.8 Å². The number of carboxylic acids is 2. The van der Waals surface area contributed by atoms with Crippen LogP contribution in [0, 0.1) is 0 Å². The normalized spacial score (nSPS) is 12.8. The van der Waals surface area contributed by atoms with Crippen molar-refractivity contribution in [2.45, 2.75) is 31.5 Å². The number of fused-ring (bicyclic) bond motifs is 1. The topological polar surface area (TPSA) is 224 Å². The molecule has 0 bridgehead atoms. The number of aliphatic hydroxyl groups is 2. The Hall–Kier alpha value is -3.34. The zero-order chi connectivity index (χ0) is 30.4. The van der Waals surface area contributed by atoms with E-state index in [4.69, 9.17) is 25.2 Å². The Kier molecular flexibility index (Phi) is 13.9. The van der Waals surface area contributed by atoms with Gasteiger partial charge < -0.3 is 40.6 Å². The lowest BCUT2D eigenvalue weighted by Gasteiger charge is -2.08. The lowest BCUT2D eigenvalue weighted by molar-refractivity contribution is -0.165. The second kappa shape index (κ2) is 16.8. The highest BCUT2D eigenvalue weighted by molar-refractivity contribution is 7.91. The van der Waals surface area contributed by atoms with E-state index < -0.39 is 34.0 Å². The molecule has 41 heavy (non-hydrogen) atoms. The summed E-state index contributed by atoms with van der Waals surface area (Å²) in [5.41, 5.74) is 2.63. The van der Waals surface area contributed by atoms with Crippen molar-refractivity contribution >= 4 is 43.3 Å². The van der Waals surface area contributed by atoms with Crippen LogP contribution in [-0.4, -0.2) is 101 Å². The van der Waals surface area contributed by atoms with Crippen LogP contribution < -0.4 is 10.2 Å². The summed E-state index contributed by atoms with van der Waals surface area (Å²) < 4.78 is 30.5. The first-order valence-electron chi connectivity index (χ1n) is 12.6. The number of hydrogen-bond donors (Lipinski definition) is 7. The number of benzene rings is 2. The number of ether oxygens (including phenoxy) is 1. The van der Waals surface area contributed by atoms with Crippen LogP contribution in [0.15, 0.2) is 47.3 Å². The summed E-state index contributed by atoms with van der Waals surface area (Å²) in [6, 6.07) is 13.4. The second-order valence-corrected chi connectivity index (χ2v) is 12.2. The molecular weight excluding hydrogens is 580 g/mol. The number of aromatic amines is 1. The second-order valence-electron chi connectivity index (χ2n) is 8.88. The number of aromatic nitrogens is 1. The highest BCUT2D eigenvalue weighted by atomic mass is 32.2. The van der Waals surface area contributed by atoms with Gasteiger partial charge in [0.05, 0.1) is 29.4 Å². The maximum Gasteiger partial charge on any atom is 0.335 e. The van der Waals surface area contributed by atoms with Gasteiger partial charge in [0.1, 0.15) is 11.3 Å². The Labute approximate surface area is 240 Å². The summed E-state index contributed by atoms with van der Waals surface area (Å²) in [4.78, 5) is 33.5. The summed E-state index contributed by atoms with van der Waals surface area (Å²) >= 11 is 1.08. The molecule has 0 aliphatic carbocycles. The summed E-state index contributed by atoms with van der Waals surface area (Å²) in [6.45, 7) is 1.99. The molecule has 0 fully saturated rings. The molecule has 2 unspecified atom stereocenters. The van der Waals surface area contributed by atoms with Crippen LogP contribution in [0.25, 0.3) is 10.2 Å². The molecule has 13 nitrogen and oxygen atoms in total. The number of sulfone groups is 1. The molecule has 226 valence electrons. The van der Waals surface area contributed by atoms with Gasteiger partial charge in [0.25, 0.3) is 0 Å². The minimum atomic E-state index is -3.13. The first-order valence-corrected chi connectivity index (χ1v) is 15.2. The fourth-order valence-corrected chi connectivity index (χ4v) is 5.59. The Morgan fingerprint density at radius 2 is 1.59 bits per heavy atom. The van der Waals surface area contributed by atoms with Crippen LogP contribution >= 0.6 is 11.3 Å². The van der Waals surface area contributed by atoms with Crippen molar-refractivity contribution in [3.05, 3.63) is 63.3 Å². The number of H-pyrrole nitrogens is 1. The molecular formula is C26H34N2O11S2. The number of phenols is 1. The molecule has 15 heteroatoms. The van der Waals surface area contributed by atoms with Gasteiger partial charge in [-0.2, -0.15) is 0 Å². The smallest absolute Gasteiger partial charge is 0.335 e. The third-order valence-corrected chi connectivity index (χ3v) is 8.40. The van der Waals surface area contributed by atoms with E-state index in [2.05, 4.69) is 10.3 Å². The monoisotopic (exact) mass is 614 g/mol. The molecule has 2 aromatic carbocycles. The van der Waals surface area contributed by atoms with E-state index in [1.807, 2.05) is 36.4 Å². The maximum absolute atomic E-state index is 12.1. The SMILES string of the molecule is O=C(O)C(O)C(O)C(=O)O.O=c1[nH]c2c(O)ccc(CCNCCCS(=O)(=O)CCOCCc3ccccc3)c2s1. The Balaban J connectivity index is 0.000000503. The minimum absolute atomic E-state index is 0.0414. The van der Waals surface area contributed by atoms with Crippen molar-refractivity contribution in [2.24, 2.45) is 0 Å². The summed E-state index contributed by atoms with van der Waals surface area (Å²) in [5.74, 6) is -3.30. The highest BCUT2D eigenvalue weighted by Crippen LogP contribution is 2.27. The zero-order valence-corrected chi connectivity index (χ0v) is 23.7. The number of phenolic OH excluding ortho intramolecular Hbond substituents is 1. The summed E-state index contributed by atoms with van der Waals surface area (Å²) in [7, 11) is -3.13. The minimum Gasteiger partial charge on any atom is -0.506 e. The molecule has 0 radical (unpaired) electrons. The van der Waals surface area contributed by atoms with E-state index in [1.165, 1.54) is 5.56 Å². The largest absolute Gasteiger partial charge is 0.506 e. The van der Waals surface area contributed by atoms with Gasteiger partial charge in [0, 0.05) is 0 Å². The number of aromatic hydroxyl groups is 1. The number of carboxylic acid groups (broad SMARTS) is 2. The predicted octanol–water partition coefficient (Wildman–Crippen LogP) is 0.369. The molecule has 7 N–H and O–H groups in total. The van der Waals surface area contributed by atoms with Gasteiger partial charge in [0.15, 0.2) is 22.0 Å². The van der Waals surface area contributed by atoms with Crippen molar-refractivity contribution < 1.29 is 48.3 Å². The van der Waals surface area contributed by atoms with E-state index in [-0.39, 0.29) is 28.7 Å². The standard InChI is InChI=1S/C22H28N2O5S2.C4H6O6/c25-19-8-7-18(21-20(19)24-22(26)30-21)9-12-23-11-4-15-31(27,28)16-14-29-13-10-17-5-2-1-3-6-17;5-1(3(7)8)2(6)4(9)10/h1-3,5-8,23,25H,4,9-16H2,(H,24,26);1-2,5-6H,(H,7,8)(H,9,10). The van der Waals surface area contributed by atoms with Crippen molar-refractivity contribution in [2.75, 3.05) is 37.8 Å². The fourth-order valence-electron chi connectivity index (χ4n) is 3.53. The van der Waals surface area contributed by atoms with E-state index >= 15 is 0 Å². The van der Waals surface area contributed by atoms with Crippen molar-refractivity contribution in [1.82, 2.24) is 10.3 Å². The van der Waals surface area contributed by atoms with E-state index in [1.54, 1.807) is 6.07 Å². The van der Waals surface area contributed by atoms with E-state index in [0.29, 0.717) is 38.1 Å². The Morgan fingerprint density at radius 1 is 0.927 bits per heavy atom. The fraction of sp³-hybridized carbons (Fsp3) is 0.423. The molecule has 0 spiro atoms. The first-order chi connectivity index (χ1) is 19.4. The van der Waals surface area contributed by atoms with Crippen LogP contribution in [0.4, 0.5) is 0 Å². The summed E-state index contributed by atoms with van der Waals surface area (Å²) in [5, 5.41) is 45.6. The number of hydrogen-bond acceptors (Lipinski definition) is 11. The lowest BCUT2D eigenvalue weighted by Crippen LogP contribution is -2.39. The van der Waals surface area contributed by atoms with Crippen LogP contribution in [0.5, 0.6) is 5.75 Å². The number of thiazole rings is 1. The van der Waals surface area contributed by atoms with Crippen LogP contribution in [0.2, 0.25) is 0 Å². The molecule has 0 saturated heterocycles. The van der Waals surface area contributed by atoms with Crippen molar-refractivity contribution in [3.63, 3.8) is 0 Å². The highest BCUT2D eigenvalue weighted by Gasteiger charge is 2.29. The number of aliphatic hydroxyl groups excluding tert-OH is 2. The Morgan fingerprint density at radius 3 is 2.22 bits per heavy atom. The molecule has 0 aliphatic heterocycles. The zero-order valence-electron chi connectivity index (χ0n) is 22.1. The first kappa shape index (κ1) is 33.9. The average molecular weight is 615 g/mol. The maximum atomic E-state index is 12.1. The number of rotatable bonds is 16. The molecule has 1 aromatic heterocycles. The quantitative estimate of drug-likeness (QED) is 0.109. The number of nitrogens with one attached hydrogen (secondary N) is 2. The molecule has 3 aromatic rings. The molecule has 0 aliphatic rings. The molecule has 0 amide bonds. The van der Waals surface area contributed by atoms with Crippen LogP contribution in [-0.2, 0) is 37.0 Å². The number of aliphatic carboxylic acids is 2. The van der Waals surface area contributed by atoms with Gasteiger partial charge in [-0.3, -0.25) is 4.79 Å². The lowest BCUT2D eigenvalue weighted by atomic mass is 10.1. The predicted molar refractivity (Wildman–Crippen MR) is 152 cm³/mol. The molecule has 2 atom stereocenters. The number of carbonyl (C=O) groups is 2. The third-order valence-electron chi connectivity index (χ3n) is 5.74. The van der Waals surface area contributed by atoms with Gasteiger partial charge in [0.2, 0.25) is 0 Å². The van der Waals surface area contributed by atoms with Gasteiger partial charge in [-0.25, -0.2) is 18.0 Å². The average Bonchev–Trinajstić information content (AvgIpc) is 3.34. The third kappa shape index (κ3) is 12.0. The van der Waals surface area contributed by atoms with Crippen molar-refractivity contribution in [1.29, 1.82) is 0 Å². The Bertz CT molecular complexity index is 1400. The van der Waals surface area contributed by atoms with Gasteiger partial charge in [-0.05, 0) is 49.5 Å². The molecule has 1 heterocycles. The van der Waals surface area contributed by atoms with Crippen molar-refractivity contribution in [3.8, 4) is 5.75 Å². The van der Waals surface area contributed by atoms with Crippen LogP contribution in [0.3, 0.4) is 0 Å². The van der Waals surface area contributed by atoms with E-state index in [0.717, 1.165) is 28.0 Å². The van der Waals surface area contributed by atoms with Gasteiger partial charge in [-0.1, -0.05) is 47.7 Å². The molecule has 3 rings (SSSR count). The van der Waals surface area contributed by atoms with E-state index in [9.17, 15) is 27.9 Å². The summed E-state index contributed by atoms with van der Waals surface area (Å²) in [6.07, 6.45) is -2.53.